The molecule has 1 fully saturated rings. The highest BCUT2D eigenvalue weighted by atomic mass is 35.5. The first-order valence-electron chi connectivity index (χ1n) is 10.8. The average molecular weight is 518 g/mol. The molecule has 0 bridgehead atoms. The van der Waals surface area contributed by atoms with Crippen molar-refractivity contribution in [3.63, 3.8) is 0 Å². The number of halogens is 1. The van der Waals surface area contributed by atoms with Gasteiger partial charge in [0.2, 0.25) is 0 Å². The third-order valence-corrected chi connectivity index (χ3v) is 7.15. The summed E-state index contributed by atoms with van der Waals surface area (Å²) in [7, 11) is 1.59. The summed E-state index contributed by atoms with van der Waals surface area (Å²) in [5, 5.41) is 2.72. The Morgan fingerprint density at radius 3 is 2.54 bits per heavy atom. The summed E-state index contributed by atoms with van der Waals surface area (Å²) in [6, 6.07) is 26.9. The SMILES string of the molecule is COc1cc(/C=C2\SC(=S)N(c3cccc4ccccc34)C2=O)ccc1OCc1ccc(Cl)cc1. The van der Waals surface area contributed by atoms with Crippen LogP contribution in [-0.4, -0.2) is 17.3 Å². The van der Waals surface area contributed by atoms with Gasteiger partial charge in [-0.2, -0.15) is 0 Å². The van der Waals surface area contributed by atoms with Gasteiger partial charge in [-0.1, -0.05) is 90.2 Å². The van der Waals surface area contributed by atoms with Crippen LogP contribution in [0.1, 0.15) is 11.1 Å². The minimum atomic E-state index is -0.140. The molecule has 1 aliphatic heterocycles. The van der Waals surface area contributed by atoms with Crippen molar-refractivity contribution in [1.82, 2.24) is 0 Å². The number of nitrogens with zero attached hydrogens (tertiary/aromatic N) is 1. The predicted octanol–water partition coefficient (Wildman–Crippen LogP) is 7.49. The van der Waals surface area contributed by atoms with Crippen LogP contribution in [0.4, 0.5) is 5.69 Å². The number of fused-ring (bicyclic) bond motifs is 1. The number of rotatable bonds is 6. The van der Waals surface area contributed by atoms with E-state index >= 15 is 0 Å². The zero-order chi connectivity index (χ0) is 24.4. The summed E-state index contributed by atoms with van der Waals surface area (Å²) in [4.78, 5) is 15.5. The molecule has 4 aromatic carbocycles. The van der Waals surface area contributed by atoms with Crippen LogP contribution < -0.4 is 14.4 Å². The van der Waals surface area contributed by atoms with Crippen molar-refractivity contribution in [2.24, 2.45) is 0 Å². The molecule has 174 valence electrons. The third kappa shape index (κ3) is 4.91. The summed E-state index contributed by atoms with van der Waals surface area (Å²) < 4.78 is 12.0. The quantitative estimate of drug-likeness (QED) is 0.196. The molecule has 0 unspecified atom stereocenters. The van der Waals surface area contributed by atoms with E-state index in [2.05, 4.69) is 0 Å². The van der Waals surface area contributed by atoms with Crippen molar-refractivity contribution in [3.05, 3.63) is 106 Å². The number of ether oxygens (including phenoxy) is 2. The van der Waals surface area contributed by atoms with Crippen LogP contribution in [0.25, 0.3) is 16.8 Å². The highest BCUT2D eigenvalue weighted by Crippen LogP contribution is 2.39. The number of thioether (sulfide) groups is 1. The highest BCUT2D eigenvalue weighted by molar-refractivity contribution is 8.27. The number of benzene rings is 4. The molecule has 4 aromatic rings. The molecule has 0 spiro atoms. The topological polar surface area (TPSA) is 38.8 Å². The summed E-state index contributed by atoms with van der Waals surface area (Å²) in [6.07, 6.45) is 1.83. The summed E-state index contributed by atoms with van der Waals surface area (Å²) in [5.41, 5.74) is 2.61. The normalized spacial score (nSPS) is 14.7. The van der Waals surface area contributed by atoms with Crippen molar-refractivity contribution in [1.29, 1.82) is 0 Å². The Labute approximate surface area is 218 Å². The number of methoxy groups -OCH3 is 1. The average Bonchev–Trinajstić information content (AvgIpc) is 3.15. The van der Waals surface area contributed by atoms with Gasteiger partial charge in [-0.05, 0) is 52.9 Å². The number of carbonyl (C=O) groups is 1. The molecule has 0 atom stereocenters. The van der Waals surface area contributed by atoms with Gasteiger partial charge in [0.25, 0.3) is 5.91 Å². The molecule has 1 amide bonds. The van der Waals surface area contributed by atoms with E-state index in [0.717, 1.165) is 27.6 Å². The minimum absolute atomic E-state index is 0.140. The maximum atomic E-state index is 13.4. The van der Waals surface area contributed by atoms with Gasteiger partial charge < -0.3 is 9.47 Å². The molecule has 1 saturated heterocycles. The lowest BCUT2D eigenvalue weighted by molar-refractivity contribution is -0.113. The van der Waals surface area contributed by atoms with Crippen LogP contribution in [0.2, 0.25) is 5.02 Å². The van der Waals surface area contributed by atoms with Crippen molar-refractivity contribution in [2.75, 3.05) is 12.0 Å². The maximum Gasteiger partial charge on any atom is 0.270 e. The lowest BCUT2D eigenvalue weighted by Gasteiger charge is -2.17. The number of hydrogen-bond acceptors (Lipinski definition) is 5. The molecule has 0 aliphatic carbocycles. The fourth-order valence-corrected chi connectivity index (χ4v) is 5.28. The number of anilines is 1. The smallest absolute Gasteiger partial charge is 0.270 e. The molecule has 0 N–H and O–H groups in total. The van der Waals surface area contributed by atoms with Gasteiger partial charge in [-0.15, -0.1) is 0 Å². The fourth-order valence-electron chi connectivity index (χ4n) is 3.87. The van der Waals surface area contributed by atoms with E-state index in [0.29, 0.717) is 32.4 Å². The molecule has 4 nitrogen and oxygen atoms in total. The second-order valence-corrected chi connectivity index (χ2v) is 9.95. The Balaban J connectivity index is 1.38. The Hall–Kier alpha value is -3.32. The molecule has 0 saturated carbocycles. The second-order valence-electron chi connectivity index (χ2n) is 7.84. The molecule has 1 heterocycles. The number of thiocarbonyl (C=S) groups is 1. The number of hydrogen-bond donors (Lipinski definition) is 0. The molecule has 0 radical (unpaired) electrons. The Kier molecular flexibility index (Phi) is 6.77. The van der Waals surface area contributed by atoms with Crippen molar-refractivity contribution < 1.29 is 14.3 Å². The molecule has 5 rings (SSSR count). The van der Waals surface area contributed by atoms with E-state index < -0.39 is 0 Å². The van der Waals surface area contributed by atoms with E-state index in [1.807, 2.05) is 91.0 Å². The van der Waals surface area contributed by atoms with Gasteiger partial charge in [0.05, 0.1) is 17.7 Å². The van der Waals surface area contributed by atoms with E-state index in [4.69, 9.17) is 33.3 Å². The molecular formula is C28H20ClNO3S2. The minimum Gasteiger partial charge on any atom is -0.493 e. The van der Waals surface area contributed by atoms with Gasteiger partial charge in [0.1, 0.15) is 6.61 Å². The van der Waals surface area contributed by atoms with Gasteiger partial charge in [-0.3, -0.25) is 9.69 Å². The first-order valence-corrected chi connectivity index (χ1v) is 12.4. The zero-order valence-electron chi connectivity index (χ0n) is 18.7. The monoisotopic (exact) mass is 517 g/mol. The maximum absolute atomic E-state index is 13.4. The Morgan fingerprint density at radius 1 is 0.971 bits per heavy atom. The van der Waals surface area contributed by atoms with Crippen molar-refractivity contribution >= 4 is 68.3 Å². The second kappa shape index (κ2) is 10.1. The molecule has 1 aliphatic rings. The molecule has 35 heavy (non-hydrogen) atoms. The third-order valence-electron chi connectivity index (χ3n) is 5.59. The molecular weight excluding hydrogens is 498 g/mol. The first-order chi connectivity index (χ1) is 17.0. The standard InChI is InChI=1S/C28H20ClNO3S2/c1-32-25-15-19(11-14-24(25)33-17-18-9-12-21(29)13-10-18)16-26-27(31)30(28(34)35-26)23-8-4-6-20-5-2-3-7-22(20)23/h2-16H,17H2,1H3/b26-16-. The number of carbonyl (C=O) groups excluding carboxylic acids is 1. The number of amides is 1. The van der Waals surface area contributed by atoms with Crippen LogP contribution in [0.5, 0.6) is 11.5 Å². The van der Waals surface area contributed by atoms with Crippen molar-refractivity contribution in [3.8, 4) is 11.5 Å². The molecule has 7 heteroatoms. The summed E-state index contributed by atoms with van der Waals surface area (Å²) in [5.74, 6) is 1.05. The van der Waals surface area contributed by atoms with Gasteiger partial charge in [-0.25, -0.2) is 0 Å². The Bertz CT molecular complexity index is 1460. The molecule has 0 aromatic heterocycles. The zero-order valence-corrected chi connectivity index (χ0v) is 21.1. The lowest BCUT2D eigenvalue weighted by Crippen LogP contribution is -2.27. The van der Waals surface area contributed by atoms with Crippen LogP contribution in [0.3, 0.4) is 0 Å². The summed E-state index contributed by atoms with van der Waals surface area (Å²) in [6.45, 7) is 0.385. The van der Waals surface area contributed by atoms with Crippen molar-refractivity contribution in [2.45, 2.75) is 6.61 Å². The first kappa shape index (κ1) is 23.4. The largest absolute Gasteiger partial charge is 0.493 e. The lowest BCUT2D eigenvalue weighted by atomic mass is 10.1. The van der Waals surface area contributed by atoms with Gasteiger partial charge in [0, 0.05) is 10.4 Å². The fraction of sp³-hybridized carbons (Fsp3) is 0.0714. The van der Waals surface area contributed by atoms with Crippen LogP contribution in [-0.2, 0) is 11.4 Å². The van der Waals surface area contributed by atoms with E-state index in [1.54, 1.807) is 12.0 Å². The van der Waals surface area contributed by atoms with Gasteiger partial charge in [0.15, 0.2) is 15.8 Å². The summed E-state index contributed by atoms with van der Waals surface area (Å²) >= 11 is 12.8. The Morgan fingerprint density at radius 2 is 1.74 bits per heavy atom. The predicted molar refractivity (Wildman–Crippen MR) is 148 cm³/mol. The van der Waals surface area contributed by atoms with E-state index in [9.17, 15) is 4.79 Å². The van der Waals surface area contributed by atoms with Crippen LogP contribution in [0.15, 0.2) is 89.8 Å². The van der Waals surface area contributed by atoms with E-state index in [-0.39, 0.29) is 5.91 Å². The van der Waals surface area contributed by atoms with Crippen LogP contribution >= 0.6 is 35.6 Å². The van der Waals surface area contributed by atoms with E-state index in [1.165, 1.54) is 11.8 Å². The highest BCUT2D eigenvalue weighted by Gasteiger charge is 2.34. The van der Waals surface area contributed by atoms with Gasteiger partial charge >= 0.3 is 0 Å². The van der Waals surface area contributed by atoms with Crippen LogP contribution in [0, 0.1) is 0 Å².